The number of carbonyl (C=O) groups excluding carboxylic acids is 2. The van der Waals surface area contributed by atoms with E-state index in [1.54, 1.807) is 25.2 Å². The molecular weight excluding hydrogens is 283 g/mol. The van der Waals surface area contributed by atoms with Crippen LogP contribution in [0.25, 0.3) is 0 Å². The quantitative estimate of drug-likeness (QED) is 0.944. The lowest BCUT2D eigenvalue weighted by atomic mass is 10.1. The van der Waals surface area contributed by atoms with E-state index in [-0.39, 0.29) is 24.2 Å². The molecule has 114 valence electrons. The number of anilines is 1. The van der Waals surface area contributed by atoms with Crippen molar-refractivity contribution in [3.63, 3.8) is 0 Å². The molecule has 5 heteroatoms. The number of halogens is 1. The number of carbonyl (C=O) groups is 2. The van der Waals surface area contributed by atoms with Crippen LogP contribution in [0.3, 0.4) is 0 Å². The Labute approximate surface area is 128 Å². The van der Waals surface area contributed by atoms with Crippen LogP contribution >= 0.6 is 0 Å². The van der Waals surface area contributed by atoms with Crippen molar-refractivity contribution in [1.82, 2.24) is 4.90 Å². The minimum Gasteiger partial charge on any atom is -0.332 e. The predicted molar refractivity (Wildman–Crippen MR) is 83.2 cm³/mol. The normalized spacial score (nSPS) is 10.1. The summed E-state index contributed by atoms with van der Waals surface area (Å²) in [4.78, 5) is 25.5. The first-order valence-electron chi connectivity index (χ1n) is 6.83. The first-order valence-corrected chi connectivity index (χ1v) is 6.83. The van der Waals surface area contributed by atoms with Crippen LogP contribution in [0.4, 0.5) is 10.1 Å². The Hall–Kier alpha value is -2.69. The van der Waals surface area contributed by atoms with Crippen LogP contribution in [0, 0.1) is 12.7 Å². The number of hydrogen-bond donors (Lipinski definition) is 1. The average molecular weight is 300 g/mol. The smallest absolute Gasteiger partial charge is 0.254 e. The fraction of sp³-hybridized carbons (Fsp3) is 0.176. The highest BCUT2D eigenvalue weighted by Crippen LogP contribution is 2.09. The van der Waals surface area contributed by atoms with Crippen molar-refractivity contribution in [2.24, 2.45) is 0 Å². The van der Waals surface area contributed by atoms with Gasteiger partial charge in [-0.15, -0.1) is 0 Å². The van der Waals surface area contributed by atoms with E-state index < -0.39 is 0 Å². The second-order valence-corrected chi connectivity index (χ2v) is 5.09. The Morgan fingerprint density at radius 2 is 1.82 bits per heavy atom. The number of amides is 2. The van der Waals surface area contributed by atoms with Crippen molar-refractivity contribution in [3.8, 4) is 0 Å². The summed E-state index contributed by atoms with van der Waals surface area (Å²) in [7, 11) is 1.56. The Morgan fingerprint density at radius 1 is 1.14 bits per heavy atom. The van der Waals surface area contributed by atoms with Crippen LogP contribution < -0.4 is 5.32 Å². The van der Waals surface area contributed by atoms with E-state index in [0.29, 0.717) is 11.3 Å². The lowest BCUT2D eigenvalue weighted by Crippen LogP contribution is -2.34. The monoisotopic (exact) mass is 300 g/mol. The summed E-state index contributed by atoms with van der Waals surface area (Å²) >= 11 is 0. The Morgan fingerprint density at radius 3 is 2.45 bits per heavy atom. The molecule has 0 saturated carbocycles. The Balaban J connectivity index is 1.96. The predicted octanol–water partition coefficient (Wildman–Crippen LogP) is 2.84. The Kier molecular flexibility index (Phi) is 4.88. The number of rotatable bonds is 4. The van der Waals surface area contributed by atoms with Gasteiger partial charge in [-0.1, -0.05) is 17.7 Å². The zero-order valence-corrected chi connectivity index (χ0v) is 12.5. The van der Waals surface area contributed by atoms with E-state index in [2.05, 4.69) is 5.32 Å². The summed E-state index contributed by atoms with van der Waals surface area (Å²) in [5.74, 6) is -0.933. The van der Waals surface area contributed by atoms with Gasteiger partial charge in [0, 0.05) is 18.3 Å². The molecule has 0 radical (unpaired) electrons. The second kappa shape index (κ2) is 6.85. The molecule has 0 aliphatic rings. The fourth-order valence-corrected chi connectivity index (χ4v) is 2.02. The summed E-state index contributed by atoms with van der Waals surface area (Å²) < 4.78 is 12.8. The first kappa shape index (κ1) is 15.7. The standard InChI is InChI=1S/C17H17FN2O2/c1-12-4-3-5-13(10-12)17(22)20(2)11-16(21)19-15-8-6-14(18)7-9-15/h3-10H,11H2,1-2H3,(H,19,21). The molecule has 0 aromatic heterocycles. The van der Waals surface area contributed by atoms with E-state index in [0.717, 1.165) is 5.56 Å². The van der Waals surface area contributed by atoms with E-state index in [4.69, 9.17) is 0 Å². The zero-order chi connectivity index (χ0) is 16.1. The highest BCUT2D eigenvalue weighted by molar-refractivity contribution is 5.99. The van der Waals surface area contributed by atoms with Gasteiger partial charge in [0.1, 0.15) is 5.82 Å². The van der Waals surface area contributed by atoms with Gasteiger partial charge >= 0.3 is 0 Å². The molecule has 0 aliphatic carbocycles. The van der Waals surface area contributed by atoms with Gasteiger partial charge in [0.15, 0.2) is 0 Å². The minimum absolute atomic E-state index is 0.0792. The van der Waals surface area contributed by atoms with Crippen LogP contribution in [0.1, 0.15) is 15.9 Å². The number of benzene rings is 2. The van der Waals surface area contributed by atoms with Gasteiger partial charge < -0.3 is 10.2 Å². The average Bonchev–Trinajstić information content (AvgIpc) is 2.48. The third-order valence-corrected chi connectivity index (χ3v) is 3.12. The molecule has 2 aromatic rings. The highest BCUT2D eigenvalue weighted by Gasteiger charge is 2.15. The van der Waals surface area contributed by atoms with Crippen molar-refractivity contribution in [2.45, 2.75) is 6.92 Å². The Bertz CT molecular complexity index is 683. The molecular formula is C17H17FN2O2. The van der Waals surface area contributed by atoms with Gasteiger partial charge in [-0.05, 0) is 43.3 Å². The maximum absolute atomic E-state index is 12.8. The van der Waals surface area contributed by atoms with Crippen molar-refractivity contribution in [2.75, 3.05) is 18.9 Å². The third kappa shape index (κ3) is 4.15. The molecule has 4 nitrogen and oxygen atoms in total. The molecule has 0 spiro atoms. The summed E-state index contributed by atoms with van der Waals surface area (Å²) in [6.07, 6.45) is 0. The third-order valence-electron chi connectivity index (χ3n) is 3.12. The lowest BCUT2D eigenvalue weighted by molar-refractivity contribution is -0.116. The molecule has 0 saturated heterocycles. The summed E-state index contributed by atoms with van der Waals surface area (Å²) in [5, 5.41) is 2.62. The van der Waals surface area contributed by atoms with Crippen LogP contribution in [-0.4, -0.2) is 30.3 Å². The number of nitrogens with zero attached hydrogens (tertiary/aromatic N) is 1. The molecule has 22 heavy (non-hydrogen) atoms. The maximum atomic E-state index is 12.8. The van der Waals surface area contributed by atoms with Gasteiger partial charge in [-0.2, -0.15) is 0 Å². The lowest BCUT2D eigenvalue weighted by Gasteiger charge is -2.17. The van der Waals surface area contributed by atoms with Crippen LogP contribution in [0.5, 0.6) is 0 Å². The molecule has 0 heterocycles. The molecule has 0 atom stereocenters. The molecule has 0 fully saturated rings. The molecule has 0 unspecified atom stereocenters. The zero-order valence-electron chi connectivity index (χ0n) is 12.5. The van der Waals surface area contributed by atoms with Crippen LogP contribution in [0.2, 0.25) is 0 Å². The maximum Gasteiger partial charge on any atom is 0.254 e. The van der Waals surface area contributed by atoms with E-state index in [1.165, 1.54) is 29.2 Å². The number of likely N-dealkylation sites (N-methyl/N-ethyl adjacent to an activating group) is 1. The van der Waals surface area contributed by atoms with Gasteiger partial charge in [0.25, 0.3) is 5.91 Å². The van der Waals surface area contributed by atoms with Gasteiger partial charge in [0.2, 0.25) is 5.91 Å². The largest absolute Gasteiger partial charge is 0.332 e. The second-order valence-electron chi connectivity index (χ2n) is 5.09. The van der Waals surface area contributed by atoms with Gasteiger partial charge in [-0.25, -0.2) is 4.39 Å². The van der Waals surface area contributed by atoms with E-state index in [9.17, 15) is 14.0 Å². The molecule has 1 N–H and O–H groups in total. The molecule has 2 amide bonds. The first-order chi connectivity index (χ1) is 10.5. The van der Waals surface area contributed by atoms with Gasteiger partial charge in [0.05, 0.1) is 6.54 Å². The molecule has 0 bridgehead atoms. The molecule has 0 aliphatic heterocycles. The summed E-state index contributed by atoms with van der Waals surface area (Å²) in [5.41, 5.74) is 2.01. The van der Waals surface area contributed by atoms with E-state index in [1.807, 2.05) is 13.0 Å². The topological polar surface area (TPSA) is 49.4 Å². The molecule has 2 aromatic carbocycles. The van der Waals surface area contributed by atoms with Crippen LogP contribution in [-0.2, 0) is 4.79 Å². The highest BCUT2D eigenvalue weighted by atomic mass is 19.1. The van der Waals surface area contributed by atoms with Gasteiger partial charge in [-0.3, -0.25) is 9.59 Å². The van der Waals surface area contributed by atoms with Crippen molar-refractivity contribution in [1.29, 1.82) is 0 Å². The summed E-state index contributed by atoms with van der Waals surface area (Å²) in [6, 6.07) is 12.6. The van der Waals surface area contributed by atoms with E-state index >= 15 is 0 Å². The SMILES string of the molecule is Cc1cccc(C(=O)N(C)CC(=O)Nc2ccc(F)cc2)c1. The molecule has 2 rings (SSSR count). The van der Waals surface area contributed by atoms with Crippen LogP contribution in [0.15, 0.2) is 48.5 Å². The van der Waals surface area contributed by atoms with Crippen molar-refractivity contribution >= 4 is 17.5 Å². The fourth-order valence-electron chi connectivity index (χ4n) is 2.02. The number of nitrogens with one attached hydrogen (secondary N) is 1. The number of aryl methyl sites for hydroxylation is 1. The van der Waals surface area contributed by atoms with Crippen molar-refractivity contribution in [3.05, 3.63) is 65.5 Å². The van der Waals surface area contributed by atoms with Crippen molar-refractivity contribution < 1.29 is 14.0 Å². The summed E-state index contributed by atoms with van der Waals surface area (Å²) in [6.45, 7) is 1.82. The number of hydrogen-bond acceptors (Lipinski definition) is 2. The minimum atomic E-state index is -0.371.